The lowest BCUT2D eigenvalue weighted by Crippen LogP contribution is -2.25. The lowest BCUT2D eigenvalue weighted by atomic mass is 10.1. The van der Waals surface area contributed by atoms with E-state index in [2.05, 4.69) is 33.5 Å². The van der Waals surface area contributed by atoms with Crippen molar-refractivity contribution in [3.63, 3.8) is 0 Å². The summed E-state index contributed by atoms with van der Waals surface area (Å²) < 4.78 is 7.74. The Labute approximate surface area is 181 Å². The van der Waals surface area contributed by atoms with E-state index < -0.39 is 0 Å². The molecule has 30 heavy (non-hydrogen) atoms. The molecule has 158 valence electrons. The summed E-state index contributed by atoms with van der Waals surface area (Å²) in [5.41, 5.74) is 3.05. The molecule has 0 radical (unpaired) electrons. The maximum absolute atomic E-state index is 12.4. The van der Waals surface area contributed by atoms with Crippen LogP contribution in [-0.2, 0) is 17.9 Å². The zero-order valence-electron chi connectivity index (χ0n) is 17.8. The molecule has 0 atom stereocenters. The predicted octanol–water partition coefficient (Wildman–Crippen LogP) is 3.86. The van der Waals surface area contributed by atoms with Gasteiger partial charge in [-0.2, -0.15) is 0 Å². The van der Waals surface area contributed by atoms with Crippen molar-refractivity contribution in [1.82, 2.24) is 25.1 Å². The summed E-state index contributed by atoms with van der Waals surface area (Å²) in [5.74, 6) is 1.55. The van der Waals surface area contributed by atoms with Gasteiger partial charge in [0, 0.05) is 30.4 Å². The van der Waals surface area contributed by atoms with Crippen LogP contribution in [0.4, 0.5) is 0 Å². The third-order valence-electron chi connectivity index (χ3n) is 4.42. The molecular formula is C22H27N5O2S. The number of aryl methyl sites for hydroxylation is 1. The third-order valence-corrected chi connectivity index (χ3v) is 5.39. The molecule has 1 N–H and O–H groups in total. The first-order chi connectivity index (χ1) is 14.5. The van der Waals surface area contributed by atoms with E-state index in [4.69, 9.17) is 4.74 Å². The number of ether oxygens (including phenoxy) is 1. The number of hydrogen-bond donors (Lipinski definition) is 1. The monoisotopic (exact) mass is 425 g/mol. The minimum atomic E-state index is -0.0811. The van der Waals surface area contributed by atoms with E-state index in [1.165, 1.54) is 11.8 Å². The Bertz CT molecular complexity index is 1000. The molecule has 1 aromatic carbocycles. The molecule has 0 bridgehead atoms. The van der Waals surface area contributed by atoms with Crippen LogP contribution in [0.2, 0.25) is 0 Å². The van der Waals surface area contributed by atoms with Crippen LogP contribution < -0.4 is 10.1 Å². The Morgan fingerprint density at radius 3 is 2.73 bits per heavy atom. The van der Waals surface area contributed by atoms with Crippen LogP contribution in [-0.4, -0.2) is 37.5 Å². The number of hydrogen-bond acceptors (Lipinski definition) is 6. The van der Waals surface area contributed by atoms with Crippen LogP contribution in [0, 0.1) is 6.92 Å². The molecule has 3 aromatic rings. The quantitative estimate of drug-likeness (QED) is 0.524. The van der Waals surface area contributed by atoms with E-state index in [-0.39, 0.29) is 17.8 Å². The maximum Gasteiger partial charge on any atom is 0.230 e. The summed E-state index contributed by atoms with van der Waals surface area (Å²) in [6.07, 6.45) is 1.70. The highest BCUT2D eigenvalue weighted by atomic mass is 32.2. The number of carbonyl (C=O) groups excluding carboxylic acids is 1. The highest BCUT2D eigenvalue weighted by molar-refractivity contribution is 7.99. The summed E-state index contributed by atoms with van der Waals surface area (Å²) in [6, 6.07) is 11.8. The van der Waals surface area contributed by atoms with Gasteiger partial charge in [0.25, 0.3) is 0 Å². The predicted molar refractivity (Wildman–Crippen MR) is 118 cm³/mol. The Balaban J connectivity index is 1.61. The first kappa shape index (κ1) is 21.8. The van der Waals surface area contributed by atoms with Crippen LogP contribution in [0.5, 0.6) is 5.88 Å². The zero-order chi connectivity index (χ0) is 21.5. The van der Waals surface area contributed by atoms with E-state index >= 15 is 0 Å². The molecule has 7 nitrogen and oxygen atoms in total. The van der Waals surface area contributed by atoms with Crippen LogP contribution in [0.15, 0.2) is 47.8 Å². The molecule has 0 aliphatic rings. The first-order valence-electron chi connectivity index (χ1n) is 9.98. The number of carbonyl (C=O) groups is 1. The molecule has 0 saturated carbocycles. The molecule has 1 amide bonds. The Morgan fingerprint density at radius 2 is 2.00 bits per heavy atom. The topological polar surface area (TPSA) is 81.9 Å². The van der Waals surface area contributed by atoms with Crippen LogP contribution in [0.1, 0.15) is 31.9 Å². The standard InChI is InChI=1S/C22H27N5O2S/c1-5-27-20(18-11-7-6-9-16(18)4)25-26-22(27)30-14-19(28)24-13-17-10-8-12-23-21(17)29-15(2)3/h6-12,15H,5,13-14H2,1-4H3,(H,24,28). The first-order valence-corrected chi connectivity index (χ1v) is 11.0. The van der Waals surface area contributed by atoms with Gasteiger partial charge in [-0.3, -0.25) is 4.79 Å². The number of nitrogens with zero attached hydrogens (tertiary/aromatic N) is 4. The normalized spacial score (nSPS) is 11.0. The molecule has 2 aromatic heterocycles. The van der Waals surface area contributed by atoms with Gasteiger partial charge in [0.15, 0.2) is 11.0 Å². The summed E-state index contributed by atoms with van der Waals surface area (Å²) in [7, 11) is 0. The van der Waals surface area contributed by atoms with Crippen molar-refractivity contribution in [3.8, 4) is 17.3 Å². The fourth-order valence-corrected chi connectivity index (χ4v) is 3.80. The van der Waals surface area contributed by atoms with Gasteiger partial charge in [0.2, 0.25) is 11.8 Å². The molecule has 0 spiro atoms. The number of pyridine rings is 1. The number of aromatic nitrogens is 4. The van der Waals surface area contributed by atoms with Crippen molar-refractivity contribution in [2.24, 2.45) is 0 Å². The molecule has 8 heteroatoms. The van der Waals surface area contributed by atoms with E-state index in [9.17, 15) is 4.79 Å². The van der Waals surface area contributed by atoms with Crippen LogP contribution >= 0.6 is 11.8 Å². The second kappa shape index (κ2) is 10.2. The van der Waals surface area contributed by atoms with Gasteiger partial charge in [0.05, 0.1) is 11.9 Å². The Kier molecular flexibility index (Phi) is 7.46. The van der Waals surface area contributed by atoms with Gasteiger partial charge >= 0.3 is 0 Å². The second-order valence-corrected chi connectivity index (χ2v) is 8.01. The SMILES string of the molecule is CCn1c(SCC(=O)NCc2cccnc2OC(C)C)nnc1-c1ccccc1C. The molecule has 0 unspecified atom stereocenters. The molecule has 0 aliphatic heterocycles. The van der Waals surface area contributed by atoms with Crippen molar-refractivity contribution in [2.75, 3.05) is 5.75 Å². The summed E-state index contributed by atoms with van der Waals surface area (Å²) in [5, 5.41) is 12.3. The fraction of sp³-hybridized carbons (Fsp3) is 0.364. The highest BCUT2D eigenvalue weighted by Gasteiger charge is 2.16. The van der Waals surface area contributed by atoms with Gasteiger partial charge in [-0.1, -0.05) is 42.1 Å². The van der Waals surface area contributed by atoms with Crippen molar-refractivity contribution >= 4 is 17.7 Å². The number of rotatable bonds is 9. The van der Waals surface area contributed by atoms with Gasteiger partial charge in [-0.25, -0.2) is 4.98 Å². The van der Waals surface area contributed by atoms with Crippen LogP contribution in [0.3, 0.4) is 0 Å². The van der Waals surface area contributed by atoms with Crippen molar-refractivity contribution in [2.45, 2.75) is 52.0 Å². The summed E-state index contributed by atoms with van der Waals surface area (Å²) >= 11 is 1.38. The van der Waals surface area contributed by atoms with Gasteiger partial charge in [-0.05, 0) is 39.3 Å². The largest absolute Gasteiger partial charge is 0.475 e. The number of nitrogens with one attached hydrogen (secondary N) is 1. The molecule has 0 saturated heterocycles. The average Bonchev–Trinajstić information content (AvgIpc) is 3.14. The third kappa shape index (κ3) is 5.38. The van der Waals surface area contributed by atoms with E-state index in [0.29, 0.717) is 12.4 Å². The van der Waals surface area contributed by atoms with Crippen LogP contribution in [0.25, 0.3) is 11.4 Å². The zero-order valence-corrected chi connectivity index (χ0v) is 18.6. The molecule has 3 rings (SSSR count). The maximum atomic E-state index is 12.4. The number of amides is 1. The van der Waals surface area contributed by atoms with Crippen molar-refractivity contribution in [3.05, 3.63) is 53.7 Å². The van der Waals surface area contributed by atoms with Crippen molar-refractivity contribution in [1.29, 1.82) is 0 Å². The average molecular weight is 426 g/mol. The lowest BCUT2D eigenvalue weighted by Gasteiger charge is -2.13. The van der Waals surface area contributed by atoms with Gasteiger partial charge in [-0.15, -0.1) is 10.2 Å². The smallest absolute Gasteiger partial charge is 0.230 e. The van der Waals surface area contributed by atoms with Gasteiger partial charge in [0.1, 0.15) is 0 Å². The Morgan fingerprint density at radius 1 is 1.20 bits per heavy atom. The van der Waals surface area contributed by atoms with E-state index in [1.54, 1.807) is 6.20 Å². The molecular weight excluding hydrogens is 398 g/mol. The van der Waals surface area contributed by atoms with E-state index in [1.807, 2.05) is 55.7 Å². The Hall–Kier alpha value is -2.87. The highest BCUT2D eigenvalue weighted by Crippen LogP contribution is 2.26. The molecule has 2 heterocycles. The fourth-order valence-electron chi connectivity index (χ4n) is 2.97. The minimum Gasteiger partial charge on any atom is -0.475 e. The summed E-state index contributed by atoms with van der Waals surface area (Å²) in [6.45, 7) is 9.09. The second-order valence-electron chi connectivity index (χ2n) is 7.07. The number of thioether (sulfide) groups is 1. The summed E-state index contributed by atoms with van der Waals surface area (Å²) in [4.78, 5) is 16.7. The number of benzene rings is 1. The molecule has 0 aliphatic carbocycles. The lowest BCUT2D eigenvalue weighted by molar-refractivity contribution is -0.118. The van der Waals surface area contributed by atoms with Gasteiger partial charge < -0.3 is 14.6 Å². The van der Waals surface area contributed by atoms with Crippen molar-refractivity contribution < 1.29 is 9.53 Å². The minimum absolute atomic E-state index is 0.0211. The molecule has 0 fully saturated rings. The van der Waals surface area contributed by atoms with E-state index in [0.717, 1.165) is 34.2 Å².